The first-order valence-electron chi connectivity index (χ1n) is 3.83. The number of aromatic amines is 1. The Morgan fingerprint density at radius 2 is 2.31 bits per heavy atom. The van der Waals surface area contributed by atoms with Gasteiger partial charge in [0.1, 0.15) is 6.10 Å². The standard InChI is InChI=1S/C9H8BrNOS/c10-6-3-5-13-9(6)8(12)7-2-1-4-11-7/h1-5,8,11-12H. The van der Waals surface area contributed by atoms with Gasteiger partial charge in [0, 0.05) is 16.4 Å². The summed E-state index contributed by atoms with van der Waals surface area (Å²) in [5.74, 6) is 0. The molecular formula is C9H8BrNOS. The summed E-state index contributed by atoms with van der Waals surface area (Å²) in [7, 11) is 0. The highest BCUT2D eigenvalue weighted by atomic mass is 79.9. The molecule has 68 valence electrons. The zero-order valence-corrected chi connectivity index (χ0v) is 9.10. The molecule has 0 aliphatic rings. The molecule has 0 aromatic carbocycles. The van der Waals surface area contributed by atoms with Crippen LogP contribution in [0.25, 0.3) is 0 Å². The van der Waals surface area contributed by atoms with Gasteiger partial charge in [-0.15, -0.1) is 11.3 Å². The van der Waals surface area contributed by atoms with E-state index in [9.17, 15) is 5.11 Å². The van der Waals surface area contributed by atoms with Crippen molar-refractivity contribution in [3.63, 3.8) is 0 Å². The van der Waals surface area contributed by atoms with Gasteiger partial charge in [0.25, 0.3) is 0 Å². The van der Waals surface area contributed by atoms with Crippen LogP contribution < -0.4 is 0 Å². The molecule has 0 aliphatic heterocycles. The molecule has 0 spiro atoms. The van der Waals surface area contributed by atoms with Crippen LogP contribution in [0.3, 0.4) is 0 Å². The monoisotopic (exact) mass is 257 g/mol. The summed E-state index contributed by atoms with van der Waals surface area (Å²) in [5, 5.41) is 11.8. The quantitative estimate of drug-likeness (QED) is 0.853. The highest BCUT2D eigenvalue weighted by Crippen LogP contribution is 2.32. The fourth-order valence-electron chi connectivity index (χ4n) is 1.16. The van der Waals surface area contributed by atoms with Crippen molar-refractivity contribution in [1.82, 2.24) is 4.98 Å². The van der Waals surface area contributed by atoms with Gasteiger partial charge in [-0.25, -0.2) is 0 Å². The lowest BCUT2D eigenvalue weighted by Crippen LogP contribution is -1.97. The lowest BCUT2D eigenvalue weighted by atomic mass is 10.2. The second-order valence-corrected chi connectivity index (χ2v) is 4.46. The SMILES string of the molecule is OC(c1ccc[nH]1)c1sccc1Br. The average molecular weight is 258 g/mol. The van der Waals surface area contributed by atoms with Gasteiger partial charge in [-0.3, -0.25) is 0 Å². The van der Waals surface area contributed by atoms with E-state index in [-0.39, 0.29) is 0 Å². The number of aromatic nitrogens is 1. The Balaban J connectivity index is 2.33. The molecule has 2 aromatic rings. The Bertz CT molecular complexity index is 382. The second kappa shape index (κ2) is 3.65. The molecule has 0 saturated carbocycles. The van der Waals surface area contributed by atoms with Crippen molar-refractivity contribution in [3.8, 4) is 0 Å². The minimum Gasteiger partial charge on any atom is -0.381 e. The van der Waals surface area contributed by atoms with Crippen LogP contribution in [0.1, 0.15) is 16.7 Å². The third kappa shape index (κ3) is 1.70. The van der Waals surface area contributed by atoms with Gasteiger partial charge in [0.2, 0.25) is 0 Å². The molecule has 4 heteroatoms. The van der Waals surface area contributed by atoms with E-state index in [1.54, 1.807) is 6.20 Å². The van der Waals surface area contributed by atoms with E-state index in [0.717, 1.165) is 15.0 Å². The van der Waals surface area contributed by atoms with Crippen molar-refractivity contribution < 1.29 is 5.11 Å². The zero-order chi connectivity index (χ0) is 9.26. The van der Waals surface area contributed by atoms with Crippen molar-refractivity contribution in [3.05, 3.63) is 44.8 Å². The molecule has 0 saturated heterocycles. The zero-order valence-electron chi connectivity index (χ0n) is 6.70. The molecule has 2 aromatic heterocycles. The molecule has 2 rings (SSSR count). The molecule has 1 unspecified atom stereocenters. The molecule has 0 radical (unpaired) electrons. The second-order valence-electron chi connectivity index (χ2n) is 2.66. The number of hydrogen-bond donors (Lipinski definition) is 2. The maximum atomic E-state index is 9.90. The fraction of sp³-hybridized carbons (Fsp3) is 0.111. The third-order valence-corrected chi connectivity index (χ3v) is 3.73. The van der Waals surface area contributed by atoms with Crippen molar-refractivity contribution in [2.45, 2.75) is 6.10 Å². The summed E-state index contributed by atoms with van der Waals surface area (Å²) in [6.45, 7) is 0. The number of halogens is 1. The third-order valence-electron chi connectivity index (χ3n) is 1.81. The van der Waals surface area contributed by atoms with Gasteiger partial charge in [-0.2, -0.15) is 0 Å². The van der Waals surface area contributed by atoms with Gasteiger partial charge < -0.3 is 10.1 Å². The number of H-pyrrole nitrogens is 1. The average Bonchev–Trinajstić information content (AvgIpc) is 2.72. The Kier molecular flexibility index (Phi) is 2.53. The van der Waals surface area contributed by atoms with E-state index < -0.39 is 6.10 Å². The summed E-state index contributed by atoms with van der Waals surface area (Å²) in [5.41, 5.74) is 0.822. The topological polar surface area (TPSA) is 36.0 Å². The van der Waals surface area contributed by atoms with E-state index in [1.165, 1.54) is 11.3 Å². The molecule has 0 aliphatic carbocycles. The van der Waals surface area contributed by atoms with E-state index in [2.05, 4.69) is 20.9 Å². The van der Waals surface area contributed by atoms with Gasteiger partial charge in [0.05, 0.1) is 4.88 Å². The van der Waals surface area contributed by atoms with Crippen LogP contribution in [0.5, 0.6) is 0 Å². The van der Waals surface area contributed by atoms with E-state index in [4.69, 9.17) is 0 Å². The number of aliphatic hydroxyl groups excluding tert-OH is 1. The summed E-state index contributed by atoms with van der Waals surface area (Å²) >= 11 is 4.93. The lowest BCUT2D eigenvalue weighted by Gasteiger charge is -2.06. The van der Waals surface area contributed by atoms with Crippen LogP contribution in [-0.4, -0.2) is 10.1 Å². The molecule has 0 fully saturated rings. The predicted molar refractivity (Wildman–Crippen MR) is 56.9 cm³/mol. The van der Waals surface area contributed by atoms with Crippen LogP contribution in [-0.2, 0) is 0 Å². The van der Waals surface area contributed by atoms with Gasteiger partial charge in [-0.05, 0) is 39.5 Å². The number of nitrogens with one attached hydrogen (secondary N) is 1. The molecule has 13 heavy (non-hydrogen) atoms. The number of aliphatic hydroxyl groups is 1. The maximum Gasteiger partial charge on any atom is 0.129 e. The highest BCUT2D eigenvalue weighted by molar-refractivity contribution is 9.10. The molecule has 1 atom stereocenters. The minimum absolute atomic E-state index is 0.552. The van der Waals surface area contributed by atoms with Crippen molar-refractivity contribution in [2.75, 3.05) is 0 Å². The molecule has 2 N–H and O–H groups in total. The fourth-order valence-corrected chi connectivity index (χ4v) is 2.75. The number of thiophene rings is 1. The molecular weight excluding hydrogens is 250 g/mol. The van der Waals surface area contributed by atoms with Gasteiger partial charge >= 0.3 is 0 Å². The molecule has 0 bridgehead atoms. The molecule has 2 nitrogen and oxygen atoms in total. The lowest BCUT2D eigenvalue weighted by molar-refractivity contribution is 0.219. The number of hydrogen-bond acceptors (Lipinski definition) is 2. The van der Waals surface area contributed by atoms with Crippen molar-refractivity contribution in [2.24, 2.45) is 0 Å². The Labute approximate surface area is 88.4 Å². The Morgan fingerprint density at radius 1 is 1.46 bits per heavy atom. The Hall–Kier alpha value is -0.580. The predicted octanol–water partition coefficient (Wildman–Crippen LogP) is 2.92. The van der Waals surface area contributed by atoms with Crippen LogP contribution >= 0.6 is 27.3 Å². The van der Waals surface area contributed by atoms with Crippen LogP contribution in [0.15, 0.2) is 34.2 Å². The van der Waals surface area contributed by atoms with E-state index >= 15 is 0 Å². The smallest absolute Gasteiger partial charge is 0.129 e. The Morgan fingerprint density at radius 3 is 2.85 bits per heavy atom. The normalized spacial score (nSPS) is 13.1. The summed E-state index contributed by atoms with van der Waals surface area (Å²) in [4.78, 5) is 3.92. The number of rotatable bonds is 2. The van der Waals surface area contributed by atoms with Crippen LogP contribution in [0.2, 0.25) is 0 Å². The molecule has 2 heterocycles. The van der Waals surface area contributed by atoms with Gasteiger partial charge in [0.15, 0.2) is 0 Å². The molecule has 0 amide bonds. The summed E-state index contributed by atoms with van der Waals surface area (Å²) in [6, 6.07) is 5.68. The summed E-state index contributed by atoms with van der Waals surface area (Å²) < 4.78 is 0.958. The largest absolute Gasteiger partial charge is 0.381 e. The van der Waals surface area contributed by atoms with Crippen LogP contribution in [0.4, 0.5) is 0 Å². The maximum absolute atomic E-state index is 9.90. The first-order valence-corrected chi connectivity index (χ1v) is 5.50. The van der Waals surface area contributed by atoms with Crippen molar-refractivity contribution in [1.29, 1.82) is 0 Å². The van der Waals surface area contributed by atoms with Crippen LogP contribution in [0, 0.1) is 0 Å². The van der Waals surface area contributed by atoms with E-state index in [0.29, 0.717) is 0 Å². The van der Waals surface area contributed by atoms with Crippen molar-refractivity contribution >= 4 is 27.3 Å². The highest BCUT2D eigenvalue weighted by Gasteiger charge is 2.14. The summed E-state index contributed by atoms with van der Waals surface area (Å²) in [6.07, 6.45) is 1.25. The first-order chi connectivity index (χ1) is 6.29. The first kappa shape index (κ1) is 8.99. The van der Waals surface area contributed by atoms with E-state index in [1.807, 2.05) is 23.6 Å². The van der Waals surface area contributed by atoms with Gasteiger partial charge in [-0.1, -0.05) is 0 Å². The minimum atomic E-state index is -0.552.